The normalized spacial score (nSPS) is 16.6. The molecule has 0 amide bonds. The number of carbonyl (C=O) groups is 1. The van der Waals surface area contributed by atoms with Gasteiger partial charge in [0, 0.05) is 6.54 Å². The first-order valence-corrected chi connectivity index (χ1v) is 7.40. The molecule has 2 N–H and O–H groups in total. The Morgan fingerprint density at radius 2 is 1.73 bits per heavy atom. The minimum absolute atomic E-state index is 0.331. The van der Waals surface area contributed by atoms with Gasteiger partial charge in [-0.05, 0) is 30.7 Å². The van der Waals surface area contributed by atoms with Crippen molar-refractivity contribution in [3.05, 3.63) is 71.8 Å². The molecule has 116 valence electrons. The molecule has 1 fully saturated rings. The van der Waals surface area contributed by atoms with E-state index in [1.807, 2.05) is 18.2 Å². The molecule has 4 heteroatoms. The Balaban J connectivity index is 0.000000172. The minimum atomic E-state index is -0.879. The molecule has 2 aromatic carbocycles. The summed E-state index contributed by atoms with van der Waals surface area (Å²) in [5.41, 5.74) is 1.59. The van der Waals surface area contributed by atoms with Gasteiger partial charge in [0.15, 0.2) is 0 Å². The van der Waals surface area contributed by atoms with Crippen molar-refractivity contribution in [1.29, 1.82) is 0 Å². The Morgan fingerprint density at radius 3 is 2.23 bits per heavy atom. The van der Waals surface area contributed by atoms with Crippen LogP contribution in [-0.2, 0) is 11.3 Å². The van der Waals surface area contributed by atoms with Crippen molar-refractivity contribution < 1.29 is 14.6 Å². The van der Waals surface area contributed by atoms with Gasteiger partial charge in [0.2, 0.25) is 0 Å². The predicted octanol–water partition coefficient (Wildman–Crippen LogP) is 2.95. The highest BCUT2D eigenvalue weighted by Crippen LogP contribution is 2.07. The van der Waals surface area contributed by atoms with E-state index in [4.69, 9.17) is 9.84 Å². The number of ether oxygens (including phenoxy) is 1. The van der Waals surface area contributed by atoms with Gasteiger partial charge < -0.3 is 15.2 Å². The van der Waals surface area contributed by atoms with E-state index in [1.54, 1.807) is 30.3 Å². The van der Waals surface area contributed by atoms with E-state index >= 15 is 0 Å². The summed E-state index contributed by atoms with van der Waals surface area (Å²) in [6, 6.07) is 18.6. The predicted molar refractivity (Wildman–Crippen MR) is 85.9 cm³/mol. The third-order valence-corrected chi connectivity index (χ3v) is 3.36. The van der Waals surface area contributed by atoms with E-state index in [1.165, 1.54) is 5.56 Å². The lowest BCUT2D eigenvalue weighted by Crippen LogP contribution is -2.16. The van der Waals surface area contributed by atoms with Crippen LogP contribution in [-0.4, -0.2) is 30.3 Å². The number of hydrogen-bond acceptors (Lipinski definition) is 3. The van der Waals surface area contributed by atoms with Crippen LogP contribution < -0.4 is 5.32 Å². The molecular formula is C18H21NO3. The first kappa shape index (κ1) is 16.2. The van der Waals surface area contributed by atoms with Crippen LogP contribution in [0.25, 0.3) is 0 Å². The Kier molecular flexibility index (Phi) is 6.61. The van der Waals surface area contributed by atoms with Crippen LogP contribution in [0, 0.1) is 0 Å². The van der Waals surface area contributed by atoms with Crippen LogP contribution in [0.4, 0.5) is 0 Å². The summed E-state index contributed by atoms with van der Waals surface area (Å²) in [5.74, 6) is -0.879. The highest BCUT2D eigenvalue weighted by Gasteiger charge is 2.14. The molecule has 0 spiro atoms. The van der Waals surface area contributed by atoms with Gasteiger partial charge in [-0.25, -0.2) is 4.79 Å². The van der Waals surface area contributed by atoms with Crippen LogP contribution in [0.2, 0.25) is 0 Å². The summed E-state index contributed by atoms with van der Waals surface area (Å²) in [7, 11) is 0. The van der Waals surface area contributed by atoms with Gasteiger partial charge in [-0.1, -0.05) is 48.5 Å². The molecule has 0 saturated carbocycles. The molecule has 1 saturated heterocycles. The average Bonchev–Trinajstić information content (AvgIpc) is 3.09. The number of benzene rings is 2. The summed E-state index contributed by atoms with van der Waals surface area (Å²) >= 11 is 0. The summed E-state index contributed by atoms with van der Waals surface area (Å²) in [6.07, 6.45) is 1.56. The molecule has 1 atom stereocenters. The monoisotopic (exact) mass is 299 g/mol. The van der Waals surface area contributed by atoms with Gasteiger partial charge >= 0.3 is 5.97 Å². The number of carboxylic acids is 1. The summed E-state index contributed by atoms with van der Waals surface area (Å²) < 4.78 is 5.73. The molecule has 0 aromatic heterocycles. The number of carboxylic acid groups (broad SMARTS) is 1. The van der Waals surface area contributed by atoms with E-state index in [0.717, 1.165) is 26.1 Å². The Morgan fingerprint density at radius 1 is 1.09 bits per heavy atom. The van der Waals surface area contributed by atoms with Crippen LogP contribution >= 0.6 is 0 Å². The van der Waals surface area contributed by atoms with E-state index < -0.39 is 5.97 Å². The molecule has 2 aromatic rings. The fourth-order valence-corrected chi connectivity index (χ4v) is 2.14. The Labute approximate surface area is 130 Å². The van der Waals surface area contributed by atoms with E-state index in [2.05, 4.69) is 17.4 Å². The van der Waals surface area contributed by atoms with Crippen molar-refractivity contribution in [3.8, 4) is 0 Å². The lowest BCUT2D eigenvalue weighted by molar-refractivity contribution is 0.0542. The van der Waals surface area contributed by atoms with E-state index in [0.29, 0.717) is 11.7 Å². The molecular weight excluding hydrogens is 278 g/mol. The maximum atomic E-state index is 10.2. The minimum Gasteiger partial charge on any atom is -0.478 e. The summed E-state index contributed by atoms with van der Waals surface area (Å²) in [6.45, 7) is 2.85. The van der Waals surface area contributed by atoms with Crippen LogP contribution in [0.5, 0.6) is 0 Å². The lowest BCUT2D eigenvalue weighted by Gasteiger charge is -2.09. The highest BCUT2D eigenvalue weighted by atomic mass is 16.5. The zero-order chi connectivity index (χ0) is 15.6. The number of rotatable bonds is 4. The van der Waals surface area contributed by atoms with Gasteiger partial charge in [0.25, 0.3) is 0 Å². The van der Waals surface area contributed by atoms with Crippen molar-refractivity contribution >= 4 is 5.97 Å². The van der Waals surface area contributed by atoms with Gasteiger partial charge in [0.1, 0.15) is 0 Å². The zero-order valence-electron chi connectivity index (χ0n) is 12.4. The average molecular weight is 299 g/mol. The molecule has 0 bridgehead atoms. The van der Waals surface area contributed by atoms with Crippen LogP contribution in [0.1, 0.15) is 22.3 Å². The van der Waals surface area contributed by atoms with Gasteiger partial charge in [0.05, 0.1) is 18.3 Å². The van der Waals surface area contributed by atoms with Crippen molar-refractivity contribution in [1.82, 2.24) is 5.32 Å². The second-order valence-electron chi connectivity index (χ2n) is 5.08. The Hall–Kier alpha value is -2.17. The molecule has 0 aliphatic carbocycles. The quantitative estimate of drug-likeness (QED) is 0.911. The molecule has 3 rings (SSSR count). The first-order chi connectivity index (χ1) is 10.8. The maximum absolute atomic E-state index is 10.2. The summed E-state index contributed by atoms with van der Waals surface area (Å²) in [4.78, 5) is 10.2. The maximum Gasteiger partial charge on any atom is 0.335 e. The summed E-state index contributed by atoms with van der Waals surface area (Å²) in [5, 5.41) is 11.7. The molecule has 0 radical (unpaired) electrons. The van der Waals surface area contributed by atoms with Crippen LogP contribution in [0.15, 0.2) is 60.7 Å². The molecule has 1 aliphatic rings. The first-order valence-electron chi connectivity index (χ1n) is 7.40. The van der Waals surface area contributed by atoms with Crippen LogP contribution in [0.3, 0.4) is 0 Å². The Bertz CT molecular complexity index is 551. The second-order valence-corrected chi connectivity index (χ2v) is 5.08. The largest absolute Gasteiger partial charge is 0.478 e. The third kappa shape index (κ3) is 5.68. The third-order valence-electron chi connectivity index (χ3n) is 3.36. The second kappa shape index (κ2) is 8.97. The molecule has 4 nitrogen and oxygen atoms in total. The van der Waals surface area contributed by atoms with Crippen molar-refractivity contribution in [2.75, 3.05) is 13.1 Å². The SMILES string of the molecule is O=C(O)c1ccccc1.c1ccc(COC2CCNC2)cc1. The van der Waals surface area contributed by atoms with Gasteiger partial charge in [-0.2, -0.15) is 0 Å². The highest BCUT2D eigenvalue weighted by molar-refractivity contribution is 5.87. The number of nitrogens with one attached hydrogen (secondary N) is 1. The van der Waals surface area contributed by atoms with Crippen molar-refractivity contribution in [2.45, 2.75) is 19.1 Å². The standard InChI is InChI=1S/C11H15NO.C7H6O2/c1-2-4-10(5-3-1)9-13-11-6-7-12-8-11;8-7(9)6-4-2-1-3-5-6/h1-5,11-12H,6-9H2;1-5H,(H,8,9). The number of hydrogen-bond donors (Lipinski definition) is 2. The number of aromatic carboxylic acids is 1. The van der Waals surface area contributed by atoms with Crippen molar-refractivity contribution in [3.63, 3.8) is 0 Å². The fourth-order valence-electron chi connectivity index (χ4n) is 2.14. The van der Waals surface area contributed by atoms with Gasteiger partial charge in [-0.15, -0.1) is 0 Å². The molecule has 1 heterocycles. The molecule has 1 unspecified atom stereocenters. The topological polar surface area (TPSA) is 58.6 Å². The fraction of sp³-hybridized carbons (Fsp3) is 0.278. The zero-order valence-corrected chi connectivity index (χ0v) is 12.4. The lowest BCUT2D eigenvalue weighted by atomic mass is 10.2. The van der Waals surface area contributed by atoms with Crippen molar-refractivity contribution in [2.24, 2.45) is 0 Å². The van der Waals surface area contributed by atoms with Gasteiger partial charge in [-0.3, -0.25) is 0 Å². The van der Waals surface area contributed by atoms with E-state index in [-0.39, 0.29) is 0 Å². The molecule has 1 aliphatic heterocycles. The molecule has 22 heavy (non-hydrogen) atoms. The van der Waals surface area contributed by atoms with E-state index in [9.17, 15) is 4.79 Å². The smallest absolute Gasteiger partial charge is 0.335 e.